The van der Waals surface area contributed by atoms with Crippen molar-refractivity contribution in [2.24, 2.45) is 0 Å². The molecule has 0 aliphatic heterocycles. The van der Waals surface area contributed by atoms with E-state index >= 15 is 0 Å². The molecular weight excluding hydrogens is 308 g/mol. The first-order valence-electron chi connectivity index (χ1n) is 6.72. The Kier molecular flexibility index (Phi) is 4.60. The number of aryl methyl sites for hydroxylation is 1. The molecule has 2 heterocycles. The van der Waals surface area contributed by atoms with Gasteiger partial charge in [0.25, 0.3) is 5.56 Å². The van der Waals surface area contributed by atoms with E-state index in [0.29, 0.717) is 20.7 Å². The Morgan fingerprint density at radius 1 is 1.41 bits per heavy atom. The Bertz CT molecular complexity index is 792. The lowest BCUT2D eigenvalue weighted by Crippen LogP contribution is -2.16. The van der Waals surface area contributed by atoms with E-state index in [1.165, 1.54) is 6.92 Å². The zero-order valence-electron chi connectivity index (χ0n) is 12.7. The number of thiophene rings is 1. The number of carbonyl (C=O) groups excluding carboxylic acids is 2. The maximum atomic E-state index is 12.2. The summed E-state index contributed by atoms with van der Waals surface area (Å²) in [5.74, 6) is -0.703. The number of fused-ring (bicyclic) bond motifs is 1. The average Bonchev–Trinajstić information content (AvgIpc) is 2.76. The number of hydrogen-bond acceptors (Lipinski definition) is 7. The van der Waals surface area contributed by atoms with E-state index < -0.39 is 18.0 Å². The van der Waals surface area contributed by atoms with Crippen LogP contribution in [0.2, 0.25) is 0 Å². The second kappa shape index (κ2) is 6.27. The van der Waals surface area contributed by atoms with Gasteiger partial charge in [0.1, 0.15) is 9.71 Å². The minimum atomic E-state index is -0.678. The van der Waals surface area contributed by atoms with E-state index in [-0.39, 0.29) is 18.0 Å². The number of nitrogens with one attached hydrogen (secondary N) is 1. The molecule has 8 heteroatoms. The number of carbonyl (C=O) groups is 2. The largest absolute Gasteiger partial charge is 0.462 e. The molecule has 0 aromatic carbocycles. The number of rotatable bonds is 4. The summed E-state index contributed by atoms with van der Waals surface area (Å²) >= 11 is 1.09. The summed E-state index contributed by atoms with van der Waals surface area (Å²) in [5.41, 5.74) is 0.169. The lowest BCUT2D eigenvalue weighted by Gasteiger charge is -2.10. The van der Waals surface area contributed by atoms with Gasteiger partial charge in [-0.1, -0.05) is 0 Å². The van der Waals surface area contributed by atoms with Gasteiger partial charge in [-0.05, 0) is 26.3 Å². The van der Waals surface area contributed by atoms with Crippen molar-refractivity contribution >= 4 is 33.5 Å². The predicted molar refractivity (Wildman–Crippen MR) is 81.1 cm³/mol. The smallest absolute Gasteiger partial charge is 0.348 e. The highest BCUT2D eigenvalue weighted by atomic mass is 32.1. The fraction of sp³-hybridized carbons (Fsp3) is 0.429. The molecule has 2 aromatic heterocycles. The maximum Gasteiger partial charge on any atom is 0.348 e. The molecule has 0 aliphatic carbocycles. The molecule has 22 heavy (non-hydrogen) atoms. The van der Waals surface area contributed by atoms with Gasteiger partial charge in [0.05, 0.1) is 12.0 Å². The van der Waals surface area contributed by atoms with Crippen molar-refractivity contribution in [2.75, 3.05) is 6.61 Å². The Balaban J connectivity index is 2.54. The molecule has 0 fully saturated rings. The lowest BCUT2D eigenvalue weighted by atomic mass is 10.2. The fourth-order valence-corrected chi connectivity index (χ4v) is 3.13. The summed E-state index contributed by atoms with van der Waals surface area (Å²) in [6, 6.07) is 0. The van der Waals surface area contributed by atoms with Crippen LogP contribution in [0.3, 0.4) is 0 Å². The van der Waals surface area contributed by atoms with Gasteiger partial charge >= 0.3 is 11.9 Å². The number of aromatic amines is 1. The monoisotopic (exact) mass is 324 g/mol. The van der Waals surface area contributed by atoms with Crippen LogP contribution < -0.4 is 5.56 Å². The summed E-state index contributed by atoms with van der Waals surface area (Å²) in [6.45, 7) is 6.53. The van der Waals surface area contributed by atoms with Gasteiger partial charge in [0.15, 0.2) is 11.9 Å². The minimum Gasteiger partial charge on any atom is -0.462 e. The molecule has 0 saturated carbocycles. The molecule has 0 unspecified atom stereocenters. The molecule has 0 spiro atoms. The number of nitrogens with zero attached hydrogens (tertiary/aromatic N) is 1. The van der Waals surface area contributed by atoms with Crippen LogP contribution in [0, 0.1) is 6.92 Å². The van der Waals surface area contributed by atoms with Crippen LogP contribution >= 0.6 is 11.3 Å². The average molecular weight is 324 g/mol. The molecule has 0 saturated heterocycles. The summed E-state index contributed by atoms with van der Waals surface area (Å²) in [4.78, 5) is 42.8. The fourth-order valence-electron chi connectivity index (χ4n) is 2.05. The molecule has 0 aliphatic rings. The summed E-state index contributed by atoms with van der Waals surface area (Å²) in [6.07, 6.45) is -0.678. The van der Waals surface area contributed by atoms with Crippen molar-refractivity contribution in [1.29, 1.82) is 0 Å². The first-order valence-corrected chi connectivity index (χ1v) is 7.54. The first-order chi connectivity index (χ1) is 10.3. The van der Waals surface area contributed by atoms with Gasteiger partial charge in [-0.2, -0.15) is 0 Å². The van der Waals surface area contributed by atoms with E-state index in [1.54, 1.807) is 20.8 Å². The van der Waals surface area contributed by atoms with Crippen LogP contribution in [0.1, 0.15) is 47.9 Å². The Hall–Kier alpha value is -2.22. The van der Waals surface area contributed by atoms with Crippen LogP contribution in [-0.4, -0.2) is 28.5 Å². The molecule has 0 radical (unpaired) electrons. The molecule has 7 nitrogen and oxygen atoms in total. The predicted octanol–water partition coefficient (Wildman–Crippen LogP) is 2.09. The molecule has 2 rings (SSSR count). The molecule has 0 bridgehead atoms. The first kappa shape index (κ1) is 16.2. The Morgan fingerprint density at radius 3 is 2.68 bits per heavy atom. The zero-order chi connectivity index (χ0) is 16.4. The van der Waals surface area contributed by atoms with Crippen LogP contribution in [-0.2, 0) is 14.3 Å². The van der Waals surface area contributed by atoms with E-state index in [0.717, 1.165) is 11.3 Å². The Labute approximate surface area is 130 Å². The van der Waals surface area contributed by atoms with E-state index in [4.69, 9.17) is 9.47 Å². The molecule has 2 aromatic rings. The summed E-state index contributed by atoms with van der Waals surface area (Å²) in [7, 11) is 0. The highest BCUT2D eigenvalue weighted by Gasteiger charge is 2.21. The maximum absolute atomic E-state index is 12.2. The lowest BCUT2D eigenvalue weighted by molar-refractivity contribution is -0.146. The van der Waals surface area contributed by atoms with Gasteiger partial charge in [-0.25, -0.2) is 9.78 Å². The molecular formula is C14H16N2O5S. The van der Waals surface area contributed by atoms with Gasteiger partial charge in [0.2, 0.25) is 0 Å². The second-order valence-corrected chi connectivity index (χ2v) is 5.66. The van der Waals surface area contributed by atoms with E-state index in [1.807, 2.05) is 0 Å². The van der Waals surface area contributed by atoms with Crippen LogP contribution in [0.4, 0.5) is 0 Å². The summed E-state index contributed by atoms with van der Waals surface area (Å²) < 4.78 is 9.98. The normalized spacial score (nSPS) is 12.2. The zero-order valence-corrected chi connectivity index (χ0v) is 13.5. The highest BCUT2D eigenvalue weighted by Crippen LogP contribution is 2.28. The molecule has 1 atom stereocenters. The van der Waals surface area contributed by atoms with Crippen molar-refractivity contribution in [1.82, 2.24) is 9.97 Å². The quantitative estimate of drug-likeness (QED) is 0.865. The van der Waals surface area contributed by atoms with E-state index in [2.05, 4.69) is 9.97 Å². The van der Waals surface area contributed by atoms with Crippen molar-refractivity contribution in [3.8, 4) is 0 Å². The number of H-pyrrole nitrogens is 1. The molecule has 118 valence electrons. The van der Waals surface area contributed by atoms with Crippen molar-refractivity contribution in [3.63, 3.8) is 0 Å². The number of hydrogen-bond donors (Lipinski definition) is 1. The van der Waals surface area contributed by atoms with Gasteiger partial charge in [-0.15, -0.1) is 11.3 Å². The third-order valence-electron chi connectivity index (χ3n) is 3.01. The number of aromatic nitrogens is 2. The summed E-state index contributed by atoms with van der Waals surface area (Å²) in [5, 5.41) is 0.354. The van der Waals surface area contributed by atoms with Crippen molar-refractivity contribution < 1.29 is 19.1 Å². The third kappa shape index (κ3) is 3.01. The topological polar surface area (TPSA) is 98.3 Å². The Morgan fingerprint density at radius 2 is 2.09 bits per heavy atom. The van der Waals surface area contributed by atoms with E-state index in [9.17, 15) is 14.4 Å². The van der Waals surface area contributed by atoms with Crippen LogP contribution in [0.25, 0.3) is 10.2 Å². The highest BCUT2D eigenvalue weighted by molar-refractivity contribution is 7.20. The van der Waals surface area contributed by atoms with Crippen molar-refractivity contribution in [2.45, 2.75) is 33.8 Å². The third-order valence-corrected chi connectivity index (χ3v) is 4.17. The van der Waals surface area contributed by atoms with Gasteiger partial charge in [-0.3, -0.25) is 9.59 Å². The number of esters is 2. The van der Waals surface area contributed by atoms with Crippen LogP contribution in [0.5, 0.6) is 0 Å². The SMILES string of the molecule is CCOC(=O)c1sc2nc([C@@H](C)OC(C)=O)[nH]c(=O)c2c1C. The molecule has 0 amide bonds. The van der Waals surface area contributed by atoms with Gasteiger partial charge < -0.3 is 14.5 Å². The van der Waals surface area contributed by atoms with Crippen LogP contribution in [0.15, 0.2) is 4.79 Å². The number of ether oxygens (including phenoxy) is 2. The second-order valence-electron chi connectivity index (χ2n) is 4.66. The minimum absolute atomic E-state index is 0.240. The standard InChI is InChI=1S/C14H16N2O5S/c1-5-20-14(19)10-6(2)9-12(18)15-11(16-13(9)22-10)7(3)21-8(4)17/h7H,5H2,1-4H3,(H,15,16,18)/t7-/m1/s1. The van der Waals surface area contributed by atoms with Gasteiger partial charge in [0, 0.05) is 6.92 Å². The molecule has 1 N–H and O–H groups in total. The van der Waals surface area contributed by atoms with Crippen molar-refractivity contribution in [3.05, 3.63) is 26.6 Å².